The zero-order valence-corrected chi connectivity index (χ0v) is 18.9. The van der Waals surface area contributed by atoms with E-state index < -0.39 is 0 Å². The summed E-state index contributed by atoms with van der Waals surface area (Å²) in [4.78, 5) is 2.42. The predicted octanol–water partition coefficient (Wildman–Crippen LogP) is 5.79. The van der Waals surface area contributed by atoms with Crippen LogP contribution in [0.4, 0.5) is 5.82 Å². The molecule has 1 N–H and O–H groups in total. The largest absolute Gasteiger partial charge is 0.379 e. The van der Waals surface area contributed by atoms with E-state index in [4.69, 9.17) is 27.9 Å². The lowest BCUT2D eigenvalue weighted by Gasteiger charge is -2.26. The van der Waals surface area contributed by atoms with Gasteiger partial charge in [-0.25, -0.2) is 0 Å². The molecule has 0 atom stereocenters. The number of anilines is 1. The van der Waals surface area contributed by atoms with E-state index in [2.05, 4.69) is 44.7 Å². The van der Waals surface area contributed by atoms with Gasteiger partial charge in [-0.15, -0.1) is 10.2 Å². The molecule has 5 nitrogen and oxygen atoms in total. The van der Waals surface area contributed by atoms with Crippen LogP contribution in [0.3, 0.4) is 0 Å². The van der Waals surface area contributed by atoms with Crippen molar-refractivity contribution in [3.8, 4) is 11.3 Å². The van der Waals surface area contributed by atoms with Crippen LogP contribution in [0.15, 0.2) is 36.4 Å². The standard InChI is InChI=1S/C24H26Cl2N4O/c25-21-13-19-20(14-22(21)26)24(27-18-3-1-2-4-18)29-28-23(19)17-7-5-16(6-8-17)15-30-9-11-31-12-10-30/h5-8,13-14,18H,1-4,9-12,15H2,(H,27,29). The molecule has 0 amide bonds. The summed E-state index contributed by atoms with van der Waals surface area (Å²) in [6, 6.07) is 12.8. The van der Waals surface area contributed by atoms with Gasteiger partial charge in [-0.2, -0.15) is 0 Å². The highest BCUT2D eigenvalue weighted by molar-refractivity contribution is 6.43. The molecule has 0 unspecified atom stereocenters. The van der Waals surface area contributed by atoms with Crippen molar-refractivity contribution in [2.45, 2.75) is 38.3 Å². The minimum absolute atomic E-state index is 0.442. The number of benzene rings is 2. The molecule has 162 valence electrons. The Bertz CT molecular complexity index is 1060. The maximum Gasteiger partial charge on any atom is 0.156 e. The first-order valence-corrected chi connectivity index (χ1v) is 11.7. The van der Waals surface area contributed by atoms with E-state index in [0.29, 0.717) is 16.1 Å². The van der Waals surface area contributed by atoms with Crippen molar-refractivity contribution in [3.05, 3.63) is 52.0 Å². The number of morpholine rings is 1. The molecule has 2 fully saturated rings. The normalized spacial score (nSPS) is 18.0. The van der Waals surface area contributed by atoms with Crippen LogP contribution in [-0.2, 0) is 11.3 Å². The summed E-state index contributed by atoms with van der Waals surface area (Å²) in [5.74, 6) is 0.785. The molecule has 1 saturated carbocycles. The predicted molar refractivity (Wildman–Crippen MR) is 127 cm³/mol. The van der Waals surface area contributed by atoms with Crippen molar-refractivity contribution in [1.29, 1.82) is 0 Å². The Labute approximate surface area is 192 Å². The van der Waals surface area contributed by atoms with Gasteiger partial charge in [-0.05, 0) is 30.5 Å². The number of aromatic nitrogens is 2. The molecule has 0 radical (unpaired) electrons. The maximum absolute atomic E-state index is 6.39. The molecule has 2 aromatic carbocycles. The lowest BCUT2D eigenvalue weighted by atomic mass is 10.0. The van der Waals surface area contributed by atoms with E-state index in [1.807, 2.05) is 12.1 Å². The number of hydrogen-bond acceptors (Lipinski definition) is 5. The fourth-order valence-corrected chi connectivity index (χ4v) is 4.84. The zero-order chi connectivity index (χ0) is 21.2. The highest BCUT2D eigenvalue weighted by Gasteiger charge is 2.19. The third kappa shape index (κ3) is 4.65. The number of halogens is 2. The molecule has 1 saturated heterocycles. The molecule has 0 spiro atoms. The van der Waals surface area contributed by atoms with Crippen LogP contribution < -0.4 is 5.32 Å². The lowest BCUT2D eigenvalue weighted by Crippen LogP contribution is -2.35. The van der Waals surface area contributed by atoms with E-state index in [0.717, 1.165) is 73.5 Å². The highest BCUT2D eigenvalue weighted by atomic mass is 35.5. The first kappa shape index (κ1) is 21.0. The molecule has 0 bridgehead atoms. The number of ether oxygens (including phenoxy) is 1. The van der Waals surface area contributed by atoms with Crippen molar-refractivity contribution in [3.63, 3.8) is 0 Å². The van der Waals surface area contributed by atoms with Crippen molar-refractivity contribution in [1.82, 2.24) is 15.1 Å². The van der Waals surface area contributed by atoms with Gasteiger partial charge >= 0.3 is 0 Å². The van der Waals surface area contributed by atoms with Gasteiger partial charge in [0, 0.05) is 42.0 Å². The number of rotatable bonds is 5. The van der Waals surface area contributed by atoms with Crippen LogP contribution in [0.1, 0.15) is 31.2 Å². The maximum atomic E-state index is 6.39. The van der Waals surface area contributed by atoms with Gasteiger partial charge < -0.3 is 10.1 Å². The Morgan fingerprint density at radius 2 is 1.61 bits per heavy atom. The van der Waals surface area contributed by atoms with Crippen LogP contribution in [-0.4, -0.2) is 47.4 Å². The van der Waals surface area contributed by atoms with E-state index in [1.165, 1.54) is 18.4 Å². The lowest BCUT2D eigenvalue weighted by molar-refractivity contribution is 0.0342. The van der Waals surface area contributed by atoms with E-state index in [9.17, 15) is 0 Å². The second-order valence-electron chi connectivity index (χ2n) is 8.42. The van der Waals surface area contributed by atoms with Gasteiger partial charge in [0.05, 0.1) is 23.3 Å². The molecule has 1 aliphatic carbocycles. The summed E-state index contributed by atoms with van der Waals surface area (Å²) in [5, 5.41) is 15.7. The topological polar surface area (TPSA) is 50.3 Å². The zero-order valence-electron chi connectivity index (χ0n) is 17.4. The van der Waals surface area contributed by atoms with Crippen LogP contribution in [0.2, 0.25) is 10.0 Å². The van der Waals surface area contributed by atoms with Crippen molar-refractivity contribution in [2.24, 2.45) is 0 Å². The van der Waals surface area contributed by atoms with Gasteiger partial charge in [0.15, 0.2) is 5.82 Å². The minimum atomic E-state index is 0.442. The fraction of sp³-hybridized carbons (Fsp3) is 0.417. The summed E-state index contributed by atoms with van der Waals surface area (Å²) in [6.07, 6.45) is 4.84. The van der Waals surface area contributed by atoms with Crippen molar-refractivity contribution >= 4 is 39.8 Å². The van der Waals surface area contributed by atoms with Gasteiger partial charge in [-0.1, -0.05) is 60.3 Å². The Balaban J connectivity index is 1.46. The Morgan fingerprint density at radius 3 is 2.32 bits per heavy atom. The third-order valence-corrected chi connectivity index (χ3v) is 6.98. The Morgan fingerprint density at radius 1 is 0.935 bits per heavy atom. The molecule has 1 aromatic heterocycles. The molecule has 2 aliphatic rings. The average Bonchev–Trinajstić information content (AvgIpc) is 3.30. The van der Waals surface area contributed by atoms with Gasteiger partial charge in [0.25, 0.3) is 0 Å². The van der Waals surface area contributed by atoms with Crippen LogP contribution in [0, 0.1) is 0 Å². The number of nitrogens with one attached hydrogen (secondary N) is 1. The van der Waals surface area contributed by atoms with Crippen LogP contribution in [0.5, 0.6) is 0 Å². The van der Waals surface area contributed by atoms with Crippen molar-refractivity contribution in [2.75, 3.05) is 31.6 Å². The quantitative estimate of drug-likeness (QED) is 0.526. The van der Waals surface area contributed by atoms with Crippen molar-refractivity contribution < 1.29 is 4.74 Å². The molecule has 3 aromatic rings. The summed E-state index contributed by atoms with van der Waals surface area (Å²) in [7, 11) is 0. The Kier molecular flexibility index (Phi) is 6.28. The average molecular weight is 457 g/mol. The molecule has 5 rings (SSSR count). The van der Waals surface area contributed by atoms with Crippen LogP contribution in [0.25, 0.3) is 22.0 Å². The molecule has 1 aliphatic heterocycles. The van der Waals surface area contributed by atoms with Gasteiger partial charge in [-0.3, -0.25) is 4.90 Å². The van der Waals surface area contributed by atoms with E-state index in [-0.39, 0.29) is 0 Å². The summed E-state index contributed by atoms with van der Waals surface area (Å²) in [6.45, 7) is 4.51. The second kappa shape index (κ2) is 9.29. The summed E-state index contributed by atoms with van der Waals surface area (Å²) >= 11 is 12.8. The molecular formula is C24H26Cl2N4O. The molecule has 2 heterocycles. The SMILES string of the molecule is Clc1cc2c(NC3CCCC3)nnc(-c3ccc(CN4CCOCC4)cc3)c2cc1Cl. The van der Waals surface area contributed by atoms with E-state index in [1.54, 1.807) is 0 Å². The number of nitrogens with zero attached hydrogens (tertiary/aromatic N) is 3. The molecule has 31 heavy (non-hydrogen) atoms. The van der Waals surface area contributed by atoms with Gasteiger partial charge in [0.2, 0.25) is 0 Å². The highest BCUT2D eigenvalue weighted by Crippen LogP contribution is 2.36. The third-order valence-electron chi connectivity index (χ3n) is 6.25. The van der Waals surface area contributed by atoms with Crippen LogP contribution >= 0.6 is 23.2 Å². The monoisotopic (exact) mass is 456 g/mol. The number of fused-ring (bicyclic) bond motifs is 1. The number of hydrogen-bond donors (Lipinski definition) is 1. The summed E-state index contributed by atoms with van der Waals surface area (Å²) in [5.41, 5.74) is 3.13. The minimum Gasteiger partial charge on any atom is -0.379 e. The van der Waals surface area contributed by atoms with E-state index >= 15 is 0 Å². The van der Waals surface area contributed by atoms with Gasteiger partial charge in [0.1, 0.15) is 5.69 Å². The molecular weight excluding hydrogens is 431 g/mol. The summed E-state index contributed by atoms with van der Waals surface area (Å²) < 4.78 is 5.44. The first-order chi connectivity index (χ1) is 15.2. The Hall–Kier alpha value is -1.92. The first-order valence-electron chi connectivity index (χ1n) is 11.0. The second-order valence-corrected chi connectivity index (χ2v) is 9.23. The fourth-order valence-electron chi connectivity index (χ4n) is 4.52. The smallest absolute Gasteiger partial charge is 0.156 e. The molecule has 7 heteroatoms.